The van der Waals surface area contributed by atoms with Gasteiger partial charge in [0.05, 0.1) is 5.69 Å². The van der Waals surface area contributed by atoms with Gasteiger partial charge in [0.15, 0.2) is 0 Å². The van der Waals surface area contributed by atoms with E-state index in [1.807, 2.05) is 0 Å². The molecule has 1 aromatic heterocycles. The number of hydrogen-bond donors (Lipinski definition) is 0. The summed E-state index contributed by atoms with van der Waals surface area (Å²) >= 11 is 0. The van der Waals surface area contributed by atoms with Crippen molar-refractivity contribution >= 4 is 45.7 Å². The largest absolute Gasteiger partial charge is 0.375 e. The van der Waals surface area contributed by atoms with E-state index in [0.29, 0.717) is 0 Å². The van der Waals surface area contributed by atoms with Gasteiger partial charge in [-0.05, 0) is 68.1 Å². The molecule has 222 valence electrons. The fourth-order valence-corrected chi connectivity index (χ4v) is 9.91. The van der Waals surface area contributed by atoms with Gasteiger partial charge >= 0.3 is 6.85 Å². The van der Waals surface area contributed by atoms with Gasteiger partial charge in [-0.3, -0.25) is 0 Å². The van der Waals surface area contributed by atoms with Crippen molar-refractivity contribution in [1.29, 1.82) is 0 Å². The van der Waals surface area contributed by atoms with Crippen LogP contribution < -0.4 is 15.8 Å². The van der Waals surface area contributed by atoms with Crippen molar-refractivity contribution in [3.8, 4) is 33.5 Å². The molecule has 6 aromatic carbocycles. The van der Waals surface area contributed by atoms with Crippen molar-refractivity contribution in [2.45, 2.75) is 38.5 Å². The molecular formula is C44H33BN2. The maximum atomic E-state index is 2.75. The summed E-state index contributed by atoms with van der Waals surface area (Å²) in [4.78, 5) is 2.61. The zero-order valence-corrected chi connectivity index (χ0v) is 27.1. The molecule has 0 atom stereocenters. The molecular weight excluding hydrogens is 567 g/mol. The van der Waals surface area contributed by atoms with Crippen molar-refractivity contribution in [1.82, 2.24) is 4.48 Å². The molecule has 4 heterocycles. The summed E-state index contributed by atoms with van der Waals surface area (Å²) in [5.74, 6) is 0. The van der Waals surface area contributed by atoms with Crippen molar-refractivity contribution in [3.05, 3.63) is 150 Å². The molecule has 0 N–H and O–H groups in total. The topological polar surface area (TPSA) is 8.17 Å². The fourth-order valence-electron chi connectivity index (χ4n) is 9.91. The van der Waals surface area contributed by atoms with Crippen LogP contribution in [0.5, 0.6) is 0 Å². The van der Waals surface area contributed by atoms with Crippen LogP contribution in [0.15, 0.2) is 127 Å². The minimum atomic E-state index is -0.134. The Hall–Kier alpha value is -5.28. The van der Waals surface area contributed by atoms with Gasteiger partial charge in [-0.2, -0.15) is 0 Å². The second-order valence-corrected chi connectivity index (χ2v) is 14.9. The molecule has 0 saturated carbocycles. The quantitative estimate of drug-likeness (QED) is 0.170. The first kappa shape index (κ1) is 25.9. The molecule has 0 spiro atoms. The van der Waals surface area contributed by atoms with Crippen LogP contribution in [0, 0.1) is 0 Å². The smallest absolute Gasteiger partial charge is 0.333 e. The minimum absolute atomic E-state index is 0.0557. The average molecular weight is 601 g/mol. The van der Waals surface area contributed by atoms with Gasteiger partial charge in [-0.25, -0.2) is 0 Å². The Morgan fingerprint density at radius 3 is 2.09 bits per heavy atom. The molecule has 0 amide bonds. The molecule has 2 nitrogen and oxygen atoms in total. The van der Waals surface area contributed by atoms with Crippen molar-refractivity contribution in [3.63, 3.8) is 0 Å². The van der Waals surface area contributed by atoms with Crippen LogP contribution in [0.3, 0.4) is 0 Å². The van der Waals surface area contributed by atoms with E-state index >= 15 is 0 Å². The van der Waals surface area contributed by atoms with E-state index in [-0.39, 0.29) is 17.7 Å². The number of hydrogen-bond acceptors (Lipinski definition) is 1. The number of rotatable bonds is 1. The molecule has 0 unspecified atom stereocenters. The van der Waals surface area contributed by atoms with E-state index in [9.17, 15) is 0 Å². The van der Waals surface area contributed by atoms with E-state index < -0.39 is 0 Å². The maximum Gasteiger partial charge on any atom is 0.333 e. The van der Waals surface area contributed by atoms with E-state index in [0.717, 1.165) is 0 Å². The molecule has 47 heavy (non-hydrogen) atoms. The molecule has 3 heteroatoms. The Kier molecular flexibility index (Phi) is 4.60. The Bertz CT molecular complexity index is 2530. The average Bonchev–Trinajstić information content (AvgIpc) is 3.57. The maximum absolute atomic E-state index is 2.75. The van der Waals surface area contributed by atoms with Gasteiger partial charge < -0.3 is 9.38 Å². The zero-order chi connectivity index (χ0) is 31.4. The molecule has 11 rings (SSSR count). The third-order valence-electron chi connectivity index (χ3n) is 11.9. The Morgan fingerprint density at radius 2 is 1.23 bits per heavy atom. The molecule has 4 aliphatic rings. The second kappa shape index (κ2) is 8.35. The minimum Gasteiger partial charge on any atom is -0.375 e. The lowest BCUT2D eigenvalue weighted by atomic mass is 9.44. The number of nitrogens with zero attached hydrogens (tertiary/aromatic N) is 2. The third-order valence-corrected chi connectivity index (χ3v) is 11.9. The summed E-state index contributed by atoms with van der Waals surface area (Å²) < 4.78 is 2.75. The van der Waals surface area contributed by atoms with E-state index in [4.69, 9.17) is 0 Å². The number of para-hydroxylation sites is 3. The molecule has 0 bridgehead atoms. The number of anilines is 3. The fraction of sp³-hybridized carbons (Fsp3) is 0.136. The van der Waals surface area contributed by atoms with Gasteiger partial charge in [0.2, 0.25) is 0 Å². The summed E-state index contributed by atoms with van der Waals surface area (Å²) in [6, 6.07) is 48.2. The summed E-state index contributed by atoms with van der Waals surface area (Å²) in [7, 11) is 0. The molecule has 3 aliphatic heterocycles. The predicted octanol–water partition coefficient (Wildman–Crippen LogP) is 9.67. The second-order valence-electron chi connectivity index (χ2n) is 14.9. The van der Waals surface area contributed by atoms with Crippen LogP contribution in [0.2, 0.25) is 0 Å². The highest BCUT2D eigenvalue weighted by Crippen LogP contribution is 2.58. The van der Waals surface area contributed by atoms with Gasteiger partial charge in [0, 0.05) is 49.9 Å². The predicted molar refractivity (Wildman–Crippen MR) is 198 cm³/mol. The highest BCUT2D eigenvalue weighted by molar-refractivity contribution is 6.90. The van der Waals surface area contributed by atoms with Gasteiger partial charge in [-0.15, -0.1) is 0 Å². The van der Waals surface area contributed by atoms with Crippen molar-refractivity contribution in [2.24, 2.45) is 0 Å². The highest BCUT2D eigenvalue weighted by Gasteiger charge is 2.50. The summed E-state index contributed by atoms with van der Waals surface area (Å²) in [5.41, 5.74) is 21.5. The summed E-state index contributed by atoms with van der Waals surface area (Å²) in [6.07, 6.45) is 0. The Morgan fingerprint density at radius 1 is 0.532 bits per heavy atom. The molecule has 1 aliphatic carbocycles. The lowest BCUT2D eigenvalue weighted by molar-refractivity contribution is 0.632. The van der Waals surface area contributed by atoms with Crippen molar-refractivity contribution in [2.75, 3.05) is 4.90 Å². The third kappa shape index (κ3) is 2.92. The zero-order valence-electron chi connectivity index (χ0n) is 27.1. The SMILES string of the molecule is CC1(C)c2ccccc2N2c3cc(-c4ccccc4)cc4c3B(c3cccc1c32)n1c2c(c3cccc-4c31)C(C)(C)c1ccccc1-2. The first-order chi connectivity index (χ1) is 22.9. The Balaban J connectivity index is 1.36. The van der Waals surface area contributed by atoms with E-state index in [1.165, 1.54) is 94.7 Å². The van der Waals surface area contributed by atoms with Crippen LogP contribution in [0.1, 0.15) is 49.9 Å². The number of benzene rings is 6. The van der Waals surface area contributed by atoms with E-state index in [1.54, 1.807) is 0 Å². The molecule has 0 fully saturated rings. The highest BCUT2D eigenvalue weighted by atomic mass is 15.2. The number of fused-ring (bicyclic) bond motifs is 11. The monoisotopic (exact) mass is 600 g/mol. The molecule has 0 saturated heterocycles. The standard InChI is InChI=1S/C44H33BN2/c1-43(2)33-20-10-11-23-36(33)46-37-25-27(26-14-6-5-7-15-26)24-31-28-17-12-18-30-38-41(29-16-8-9-19-32(29)44(38,3)4)47(40(28)30)45(39(31)37)35-22-13-21-34(43)42(35)46/h5-25H,1-4H3. The number of aromatic nitrogens is 1. The summed E-state index contributed by atoms with van der Waals surface area (Å²) in [5, 5.41) is 1.38. The first-order valence-electron chi connectivity index (χ1n) is 16.9. The lowest BCUT2D eigenvalue weighted by Crippen LogP contribution is -2.58. The van der Waals surface area contributed by atoms with Crippen LogP contribution in [-0.4, -0.2) is 11.3 Å². The van der Waals surface area contributed by atoms with Gasteiger partial charge in [0.1, 0.15) is 0 Å². The van der Waals surface area contributed by atoms with Crippen LogP contribution >= 0.6 is 0 Å². The summed E-state index contributed by atoms with van der Waals surface area (Å²) in [6.45, 7) is 9.70. The van der Waals surface area contributed by atoms with Gasteiger partial charge in [-0.1, -0.05) is 137 Å². The van der Waals surface area contributed by atoms with E-state index in [2.05, 4.69) is 164 Å². The van der Waals surface area contributed by atoms with Crippen LogP contribution in [0.4, 0.5) is 17.1 Å². The van der Waals surface area contributed by atoms with Gasteiger partial charge in [0.25, 0.3) is 0 Å². The first-order valence-corrected chi connectivity index (χ1v) is 16.9. The molecule has 7 aromatic rings. The van der Waals surface area contributed by atoms with Crippen molar-refractivity contribution < 1.29 is 0 Å². The van der Waals surface area contributed by atoms with Crippen LogP contribution in [-0.2, 0) is 10.8 Å². The normalized spacial score (nSPS) is 16.3. The molecule has 0 radical (unpaired) electrons. The lowest BCUT2D eigenvalue weighted by Gasteiger charge is -2.48. The Labute approximate surface area is 276 Å². The van der Waals surface area contributed by atoms with Crippen LogP contribution in [0.25, 0.3) is 44.4 Å².